The molecule has 6 rings (SSSR count). The van der Waals surface area contributed by atoms with Gasteiger partial charge in [-0.25, -0.2) is 0 Å². The van der Waals surface area contributed by atoms with Crippen LogP contribution >= 0.6 is 15.9 Å². The molecule has 3 nitrogen and oxygen atoms in total. The Balaban J connectivity index is 1.33. The Hall–Kier alpha value is -0.870. The summed E-state index contributed by atoms with van der Waals surface area (Å²) >= 11 is 3.46. The second-order valence-corrected chi connectivity index (χ2v) is 10.2. The van der Waals surface area contributed by atoms with Crippen LogP contribution in [0.5, 0.6) is 0 Å². The van der Waals surface area contributed by atoms with Crippen LogP contribution in [0.2, 0.25) is 0 Å². The fourth-order valence-electron chi connectivity index (χ4n) is 6.63. The minimum absolute atomic E-state index is 0.0492. The molecule has 0 aliphatic heterocycles. The molecule has 1 aromatic rings. The molecule has 25 heavy (non-hydrogen) atoms. The number of nitrogens with one attached hydrogen (secondary N) is 1. The fraction of sp³-hybridized carbons (Fsp3) is 0.667. The number of hydrogen-bond donors (Lipinski definition) is 2. The number of halogens is 1. The second-order valence-electron chi connectivity index (χ2n) is 9.26. The summed E-state index contributed by atoms with van der Waals surface area (Å²) in [5.74, 6) is 2.60. The molecule has 0 saturated heterocycles. The first-order valence-electron chi connectivity index (χ1n) is 9.71. The van der Waals surface area contributed by atoms with Gasteiger partial charge in [0.1, 0.15) is 0 Å². The Bertz CT molecular complexity index is 665. The van der Waals surface area contributed by atoms with Crippen molar-refractivity contribution in [1.82, 2.24) is 5.32 Å². The summed E-state index contributed by atoms with van der Waals surface area (Å²) in [5.41, 5.74) is 0.784. The standard InChI is InChI=1S/C21H26BrNO2/c22-17-3-1-16(2-4-17)21(12-24)11-18(21)19(25)23-20-8-13-5-14(9-20)7-15(6-13)10-20/h1-4,13-15,18,24H,5-12H2,(H,23,25)/t13?,14?,15?,18-,20?,21+/m1/s1. The van der Waals surface area contributed by atoms with Crippen molar-refractivity contribution in [2.24, 2.45) is 23.7 Å². The van der Waals surface area contributed by atoms with E-state index in [0.717, 1.165) is 34.2 Å². The van der Waals surface area contributed by atoms with Crippen molar-refractivity contribution in [2.75, 3.05) is 6.61 Å². The van der Waals surface area contributed by atoms with Gasteiger partial charge in [0.25, 0.3) is 0 Å². The average Bonchev–Trinajstić information content (AvgIpc) is 3.30. The van der Waals surface area contributed by atoms with Gasteiger partial charge in [0.05, 0.1) is 12.5 Å². The van der Waals surface area contributed by atoms with Crippen LogP contribution in [0.3, 0.4) is 0 Å². The first-order valence-corrected chi connectivity index (χ1v) is 10.5. The van der Waals surface area contributed by atoms with Gasteiger partial charge >= 0.3 is 0 Å². The number of carbonyl (C=O) groups excluding carboxylic acids is 1. The summed E-state index contributed by atoms with van der Waals surface area (Å²) in [6, 6.07) is 8.08. The van der Waals surface area contributed by atoms with E-state index in [1.807, 2.05) is 24.3 Å². The van der Waals surface area contributed by atoms with E-state index in [1.54, 1.807) is 0 Å². The predicted molar refractivity (Wildman–Crippen MR) is 100 cm³/mol. The molecule has 5 fully saturated rings. The van der Waals surface area contributed by atoms with Crippen LogP contribution in [-0.4, -0.2) is 23.2 Å². The van der Waals surface area contributed by atoms with Crippen LogP contribution in [0, 0.1) is 23.7 Å². The molecule has 5 aliphatic carbocycles. The molecule has 0 unspecified atom stereocenters. The molecular formula is C21H26BrNO2. The summed E-state index contributed by atoms with van der Waals surface area (Å²) in [6.45, 7) is 0.0492. The third-order valence-electron chi connectivity index (χ3n) is 7.52. The van der Waals surface area contributed by atoms with E-state index in [2.05, 4.69) is 21.2 Å². The summed E-state index contributed by atoms with van der Waals surface area (Å²) in [6.07, 6.45) is 8.48. The van der Waals surface area contributed by atoms with Gasteiger partial charge in [0.15, 0.2) is 0 Å². The van der Waals surface area contributed by atoms with Gasteiger partial charge in [0.2, 0.25) is 5.91 Å². The van der Waals surface area contributed by atoms with Gasteiger partial charge in [-0.1, -0.05) is 28.1 Å². The summed E-state index contributed by atoms with van der Waals surface area (Å²) in [4.78, 5) is 13.1. The van der Waals surface area contributed by atoms with Crippen LogP contribution in [-0.2, 0) is 10.2 Å². The van der Waals surface area contributed by atoms with E-state index in [0.29, 0.717) is 0 Å². The maximum Gasteiger partial charge on any atom is 0.224 e. The first-order chi connectivity index (χ1) is 12.0. The van der Waals surface area contributed by atoms with Crippen LogP contribution < -0.4 is 5.32 Å². The number of benzene rings is 1. The molecule has 4 bridgehead atoms. The number of rotatable bonds is 4. The number of hydrogen-bond acceptors (Lipinski definition) is 2. The van der Waals surface area contributed by atoms with Gasteiger partial charge in [-0.15, -0.1) is 0 Å². The van der Waals surface area contributed by atoms with E-state index in [-0.39, 0.29) is 29.4 Å². The molecule has 0 aromatic heterocycles. The van der Waals surface area contributed by atoms with Gasteiger partial charge in [-0.2, -0.15) is 0 Å². The van der Waals surface area contributed by atoms with E-state index in [1.165, 1.54) is 38.5 Å². The highest BCUT2D eigenvalue weighted by atomic mass is 79.9. The van der Waals surface area contributed by atoms with Crippen molar-refractivity contribution in [2.45, 2.75) is 55.9 Å². The lowest BCUT2D eigenvalue weighted by molar-refractivity contribution is -0.128. The van der Waals surface area contributed by atoms with Gasteiger partial charge in [-0.05, 0) is 80.4 Å². The molecule has 4 heteroatoms. The molecule has 5 saturated carbocycles. The topological polar surface area (TPSA) is 49.3 Å². The monoisotopic (exact) mass is 403 g/mol. The second kappa shape index (κ2) is 5.56. The quantitative estimate of drug-likeness (QED) is 0.803. The lowest BCUT2D eigenvalue weighted by Gasteiger charge is -2.57. The third kappa shape index (κ3) is 2.59. The van der Waals surface area contributed by atoms with Gasteiger partial charge in [0, 0.05) is 15.4 Å². The minimum Gasteiger partial charge on any atom is -0.395 e. The van der Waals surface area contributed by atoms with Crippen LogP contribution in [0.1, 0.15) is 50.5 Å². The van der Waals surface area contributed by atoms with E-state index < -0.39 is 0 Å². The molecule has 0 radical (unpaired) electrons. The van der Waals surface area contributed by atoms with Gasteiger partial charge in [-0.3, -0.25) is 4.79 Å². The Kier molecular flexibility index (Phi) is 3.63. The smallest absolute Gasteiger partial charge is 0.224 e. The Morgan fingerprint density at radius 2 is 1.60 bits per heavy atom. The maximum absolute atomic E-state index is 13.1. The molecular weight excluding hydrogens is 378 g/mol. The zero-order valence-electron chi connectivity index (χ0n) is 14.5. The van der Waals surface area contributed by atoms with E-state index in [9.17, 15) is 9.90 Å². The summed E-state index contributed by atoms with van der Waals surface area (Å²) in [5, 5.41) is 13.5. The first kappa shape index (κ1) is 16.3. The summed E-state index contributed by atoms with van der Waals surface area (Å²) < 4.78 is 1.03. The minimum atomic E-state index is -0.368. The zero-order valence-corrected chi connectivity index (χ0v) is 16.1. The van der Waals surface area contributed by atoms with Crippen molar-refractivity contribution >= 4 is 21.8 Å². The molecule has 0 heterocycles. The third-order valence-corrected chi connectivity index (χ3v) is 8.05. The van der Waals surface area contributed by atoms with Gasteiger partial charge < -0.3 is 10.4 Å². The molecule has 0 spiro atoms. The van der Waals surface area contributed by atoms with Crippen molar-refractivity contribution < 1.29 is 9.90 Å². The van der Waals surface area contributed by atoms with Crippen molar-refractivity contribution in [3.63, 3.8) is 0 Å². The SMILES string of the molecule is O=C(NC12CC3CC(CC(C3)C1)C2)[C@H]1C[C@]1(CO)c1ccc(Br)cc1. The molecule has 5 aliphatic rings. The number of amides is 1. The molecule has 2 N–H and O–H groups in total. The number of carbonyl (C=O) groups is 1. The normalized spacial score (nSPS) is 43.9. The Labute approximate surface area is 157 Å². The van der Waals surface area contributed by atoms with Crippen molar-refractivity contribution in [3.8, 4) is 0 Å². The maximum atomic E-state index is 13.1. The average molecular weight is 404 g/mol. The Morgan fingerprint density at radius 1 is 1.04 bits per heavy atom. The highest BCUT2D eigenvalue weighted by Gasteiger charge is 2.60. The number of aliphatic hydroxyl groups excluding tert-OH is 1. The highest BCUT2D eigenvalue weighted by molar-refractivity contribution is 9.10. The van der Waals surface area contributed by atoms with Crippen LogP contribution in [0.25, 0.3) is 0 Å². The molecule has 134 valence electrons. The van der Waals surface area contributed by atoms with Crippen molar-refractivity contribution in [1.29, 1.82) is 0 Å². The summed E-state index contributed by atoms with van der Waals surface area (Å²) in [7, 11) is 0. The lowest BCUT2D eigenvalue weighted by Crippen LogP contribution is -2.60. The van der Waals surface area contributed by atoms with E-state index >= 15 is 0 Å². The largest absolute Gasteiger partial charge is 0.395 e. The van der Waals surface area contributed by atoms with Crippen LogP contribution in [0.4, 0.5) is 0 Å². The fourth-order valence-corrected chi connectivity index (χ4v) is 6.89. The number of aliphatic hydroxyl groups is 1. The molecule has 1 amide bonds. The van der Waals surface area contributed by atoms with Crippen molar-refractivity contribution in [3.05, 3.63) is 34.3 Å². The highest BCUT2D eigenvalue weighted by Crippen LogP contribution is 2.58. The zero-order chi connectivity index (χ0) is 17.2. The molecule has 2 atom stereocenters. The predicted octanol–water partition coefficient (Wildman–Crippen LogP) is 3.78. The lowest BCUT2D eigenvalue weighted by atomic mass is 9.53. The molecule has 1 aromatic carbocycles. The van der Waals surface area contributed by atoms with E-state index in [4.69, 9.17) is 0 Å². The Morgan fingerprint density at radius 3 is 2.12 bits per heavy atom. The van der Waals surface area contributed by atoms with Crippen LogP contribution in [0.15, 0.2) is 28.7 Å².